The molecular weight excluding hydrogens is 374 g/mol. The third-order valence-corrected chi connectivity index (χ3v) is 5.17. The Labute approximate surface area is 171 Å². The van der Waals surface area contributed by atoms with Crippen molar-refractivity contribution in [1.82, 2.24) is 10.2 Å². The minimum absolute atomic E-state index is 0.0972. The number of halogens is 1. The summed E-state index contributed by atoms with van der Waals surface area (Å²) in [7, 11) is 0. The summed E-state index contributed by atoms with van der Waals surface area (Å²) in [4.78, 5) is 28.6. The Hall–Kier alpha value is -2.53. The monoisotopic (exact) mass is 399 g/mol. The van der Waals surface area contributed by atoms with Gasteiger partial charge in [0.05, 0.1) is 0 Å². The molecule has 148 valence electrons. The van der Waals surface area contributed by atoms with Crippen LogP contribution in [0, 0.1) is 6.92 Å². The van der Waals surface area contributed by atoms with Crippen molar-refractivity contribution in [3.05, 3.63) is 64.7 Å². The number of nitrogens with zero attached hydrogens (tertiary/aromatic N) is 2. The lowest BCUT2D eigenvalue weighted by Crippen LogP contribution is -2.49. The zero-order valence-electron chi connectivity index (χ0n) is 16.2. The van der Waals surface area contributed by atoms with Crippen LogP contribution in [0.3, 0.4) is 0 Å². The largest absolute Gasteiger partial charge is 0.368 e. The fraction of sp³-hybridized carbons (Fsp3) is 0.364. The van der Waals surface area contributed by atoms with E-state index in [1.807, 2.05) is 24.3 Å². The van der Waals surface area contributed by atoms with Crippen molar-refractivity contribution in [3.63, 3.8) is 0 Å². The molecule has 1 aliphatic heterocycles. The SMILES string of the molecule is Cc1cccc(N2CCN(C(=O)CC(=O)NCCc3cccc(Cl)c3)CC2)c1. The molecule has 28 heavy (non-hydrogen) atoms. The van der Waals surface area contributed by atoms with E-state index in [1.165, 1.54) is 11.3 Å². The molecule has 0 aliphatic carbocycles. The summed E-state index contributed by atoms with van der Waals surface area (Å²) in [5.74, 6) is -0.336. The number of nitrogens with one attached hydrogen (secondary N) is 1. The molecule has 5 nitrogen and oxygen atoms in total. The van der Waals surface area contributed by atoms with E-state index < -0.39 is 0 Å². The van der Waals surface area contributed by atoms with E-state index in [0.29, 0.717) is 31.1 Å². The standard InChI is InChI=1S/C22H26ClN3O2/c1-17-4-2-7-20(14-17)25-10-12-26(13-11-25)22(28)16-21(27)24-9-8-18-5-3-6-19(23)15-18/h2-7,14-15H,8-13,16H2,1H3,(H,24,27). The number of hydrogen-bond acceptors (Lipinski definition) is 3. The lowest BCUT2D eigenvalue weighted by Gasteiger charge is -2.36. The van der Waals surface area contributed by atoms with E-state index in [0.717, 1.165) is 18.7 Å². The highest BCUT2D eigenvalue weighted by Gasteiger charge is 2.22. The van der Waals surface area contributed by atoms with Gasteiger partial charge in [-0.3, -0.25) is 9.59 Å². The van der Waals surface area contributed by atoms with E-state index >= 15 is 0 Å². The van der Waals surface area contributed by atoms with Crippen LogP contribution in [-0.4, -0.2) is 49.4 Å². The molecule has 1 fully saturated rings. The normalized spacial score (nSPS) is 14.1. The number of piperazine rings is 1. The van der Waals surface area contributed by atoms with Gasteiger partial charge in [-0.25, -0.2) is 0 Å². The number of carbonyl (C=O) groups is 2. The van der Waals surface area contributed by atoms with Crippen molar-refractivity contribution in [2.24, 2.45) is 0 Å². The molecule has 1 heterocycles. The van der Waals surface area contributed by atoms with Crippen molar-refractivity contribution in [3.8, 4) is 0 Å². The van der Waals surface area contributed by atoms with E-state index in [1.54, 1.807) is 4.90 Å². The molecule has 1 N–H and O–H groups in total. The summed E-state index contributed by atoms with van der Waals surface area (Å²) in [5.41, 5.74) is 3.47. The van der Waals surface area contributed by atoms with Crippen LogP contribution in [0.25, 0.3) is 0 Å². The fourth-order valence-corrected chi connectivity index (χ4v) is 3.60. The lowest BCUT2D eigenvalue weighted by molar-refractivity contribution is -0.136. The Kier molecular flexibility index (Phi) is 6.93. The van der Waals surface area contributed by atoms with Gasteiger partial charge in [-0.2, -0.15) is 0 Å². The summed E-state index contributed by atoms with van der Waals surface area (Å²) in [6, 6.07) is 15.9. The van der Waals surface area contributed by atoms with Gasteiger partial charge in [0.1, 0.15) is 6.42 Å². The summed E-state index contributed by atoms with van der Waals surface area (Å²) < 4.78 is 0. The van der Waals surface area contributed by atoms with E-state index in [-0.39, 0.29) is 18.2 Å². The third-order valence-electron chi connectivity index (χ3n) is 4.94. The minimum atomic E-state index is -0.229. The van der Waals surface area contributed by atoms with E-state index in [4.69, 9.17) is 11.6 Å². The zero-order valence-corrected chi connectivity index (χ0v) is 16.9. The first kappa shape index (κ1) is 20.2. The molecule has 1 aliphatic rings. The second-order valence-corrected chi connectivity index (χ2v) is 7.55. The highest BCUT2D eigenvalue weighted by Crippen LogP contribution is 2.18. The molecule has 2 amide bonds. The van der Waals surface area contributed by atoms with Gasteiger partial charge in [-0.1, -0.05) is 35.9 Å². The molecule has 2 aromatic rings. The van der Waals surface area contributed by atoms with Gasteiger partial charge >= 0.3 is 0 Å². The maximum Gasteiger partial charge on any atom is 0.232 e. The Morgan fingerprint density at radius 3 is 2.50 bits per heavy atom. The second-order valence-electron chi connectivity index (χ2n) is 7.11. The van der Waals surface area contributed by atoms with Crippen molar-refractivity contribution < 1.29 is 9.59 Å². The van der Waals surface area contributed by atoms with Crippen molar-refractivity contribution in [2.45, 2.75) is 19.8 Å². The predicted octanol–water partition coefficient (Wildman–Crippen LogP) is 3.05. The molecule has 1 saturated heterocycles. The smallest absolute Gasteiger partial charge is 0.232 e. The zero-order chi connectivity index (χ0) is 19.9. The van der Waals surface area contributed by atoms with Gasteiger partial charge in [-0.15, -0.1) is 0 Å². The Bertz CT molecular complexity index is 832. The van der Waals surface area contributed by atoms with Gasteiger partial charge in [0.15, 0.2) is 0 Å². The maximum absolute atomic E-state index is 12.4. The molecule has 0 unspecified atom stereocenters. The first-order chi connectivity index (χ1) is 13.5. The van der Waals surface area contributed by atoms with Gasteiger partial charge in [-0.05, 0) is 48.7 Å². The second kappa shape index (κ2) is 9.60. The quantitative estimate of drug-likeness (QED) is 0.759. The topological polar surface area (TPSA) is 52.7 Å². The highest BCUT2D eigenvalue weighted by atomic mass is 35.5. The van der Waals surface area contributed by atoms with Crippen LogP contribution in [0.2, 0.25) is 5.02 Å². The third kappa shape index (κ3) is 5.73. The summed E-state index contributed by atoms with van der Waals surface area (Å²) in [5, 5.41) is 3.51. The van der Waals surface area contributed by atoms with Crippen LogP contribution in [0.1, 0.15) is 17.5 Å². The molecule has 2 aromatic carbocycles. The Balaban J connectivity index is 1.39. The molecule has 0 spiro atoms. The van der Waals surface area contributed by atoms with Crippen LogP contribution in [0.15, 0.2) is 48.5 Å². The maximum atomic E-state index is 12.4. The molecule has 0 radical (unpaired) electrons. The number of hydrogen-bond donors (Lipinski definition) is 1. The molecule has 0 atom stereocenters. The van der Waals surface area contributed by atoms with Crippen LogP contribution in [0.4, 0.5) is 5.69 Å². The summed E-state index contributed by atoms with van der Waals surface area (Å²) in [6.45, 7) is 5.42. The number of anilines is 1. The average Bonchev–Trinajstić information content (AvgIpc) is 2.68. The fourth-order valence-electron chi connectivity index (χ4n) is 3.39. The number of rotatable bonds is 6. The van der Waals surface area contributed by atoms with E-state index in [9.17, 15) is 9.59 Å². The van der Waals surface area contributed by atoms with Crippen LogP contribution >= 0.6 is 11.6 Å². The van der Waals surface area contributed by atoms with Crippen molar-refractivity contribution in [1.29, 1.82) is 0 Å². The molecule has 6 heteroatoms. The lowest BCUT2D eigenvalue weighted by atomic mass is 10.1. The first-order valence-electron chi connectivity index (χ1n) is 9.62. The van der Waals surface area contributed by atoms with Crippen LogP contribution < -0.4 is 10.2 Å². The number of aryl methyl sites for hydroxylation is 1. The number of amides is 2. The average molecular weight is 400 g/mol. The highest BCUT2D eigenvalue weighted by molar-refractivity contribution is 6.30. The molecule has 3 rings (SSSR count). The summed E-state index contributed by atoms with van der Waals surface area (Å²) in [6.07, 6.45) is 0.593. The number of carbonyl (C=O) groups excluding carboxylic acids is 2. The van der Waals surface area contributed by atoms with Crippen LogP contribution in [0.5, 0.6) is 0 Å². The van der Waals surface area contributed by atoms with Crippen molar-refractivity contribution >= 4 is 29.1 Å². The summed E-state index contributed by atoms with van der Waals surface area (Å²) >= 11 is 5.96. The van der Waals surface area contributed by atoms with Gasteiger partial charge in [0, 0.05) is 43.4 Å². The van der Waals surface area contributed by atoms with E-state index in [2.05, 4.69) is 41.4 Å². The number of benzene rings is 2. The Morgan fingerprint density at radius 2 is 1.79 bits per heavy atom. The van der Waals surface area contributed by atoms with Gasteiger partial charge in [0.25, 0.3) is 0 Å². The molecule has 0 aromatic heterocycles. The molecular formula is C22H26ClN3O2. The minimum Gasteiger partial charge on any atom is -0.368 e. The first-order valence-corrected chi connectivity index (χ1v) is 9.99. The van der Waals surface area contributed by atoms with Crippen LogP contribution in [-0.2, 0) is 16.0 Å². The molecule has 0 bridgehead atoms. The van der Waals surface area contributed by atoms with Gasteiger partial charge in [0.2, 0.25) is 11.8 Å². The van der Waals surface area contributed by atoms with Crippen molar-refractivity contribution in [2.75, 3.05) is 37.6 Å². The predicted molar refractivity (Wildman–Crippen MR) is 113 cm³/mol. The van der Waals surface area contributed by atoms with Gasteiger partial charge < -0.3 is 15.1 Å². The Morgan fingerprint density at radius 1 is 1.04 bits per heavy atom. The molecule has 0 saturated carbocycles.